The number of benzene rings is 1. The Bertz CT molecular complexity index is 425. The molecule has 5 heteroatoms. The summed E-state index contributed by atoms with van der Waals surface area (Å²) in [6.45, 7) is 5.15. The van der Waals surface area contributed by atoms with Crippen LogP contribution in [0.5, 0.6) is 5.75 Å². The van der Waals surface area contributed by atoms with Crippen molar-refractivity contribution in [2.24, 2.45) is 5.92 Å². The molecule has 4 nitrogen and oxygen atoms in total. The van der Waals surface area contributed by atoms with Crippen LogP contribution in [0.2, 0.25) is 0 Å². The lowest BCUT2D eigenvalue weighted by molar-refractivity contribution is 0.177. The van der Waals surface area contributed by atoms with Crippen LogP contribution >= 0.6 is 0 Å². The normalized spacial score (nSPS) is 20.3. The molecule has 1 unspecified atom stereocenters. The predicted molar refractivity (Wildman–Crippen MR) is 76.5 cm³/mol. The second-order valence-corrected chi connectivity index (χ2v) is 5.42. The summed E-state index contributed by atoms with van der Waals surface area (Å²) < 4.78 is 5.22. The van der Waals surface area contributed by atoms with Crippen molar-refractivity contribution in [1.82, 2.24) is 4.90 Å². The van der Waals surface area contributed by atoms with E-state index in [0.29, 0.717) is 11.4 Å². The fourth-order valence-electron chi connectivity index (χ4n) is 2.77. The number of piperidine rings is 1. The van der Waals surface area contributed by atoms with Crippen LogP contribution in [0.15, 0.2) is 18.2 Å². The molecule has 0 bridgehead atoms. The second-order valence-electron chi connectivity index (χ2n) is 5.42. The average Bonchev–Trinajstić information content (AvgIpc) is 2.38. The van der Waals surface area contributed by atoms with E-state index in [1.165, 1.54) is 12.8 Å². The largest absolute Gasteiger partial charge is 0.497 e. The standard InChI is InChI=1S/C14H22BNO3/c1-11-4-3-7-16(9-11)10-12-8-13(19-2)5-6-14(12)15(17)18/h5-6,8,11,17-18H,3-4,7,9-10H2,1-2H3. The first kappa shape index (κ1) is 14.4. The van der Waals surface area contributed by atoms with Crippen molar-refractivity contribution in [3.8, 4) is 5.75 Å². The Morgan fingerprint density at radius 3 is 2.84 bits per heavy atom. The maximum Gasteiger partial charge on any atom is 0.488 e. The number of ether oxygens (including phenoxy) is 1. The van der Waals surface area contributed by atoms with Gasteiger partial charge in [0.25, 0.3) is 0 Å². The molecule has 1 aliphatic heterocycles. The van der Waals surface area contributed by atoms with Gasteiger partial charge < -0.3 is 14.8 Å². The smallest absolute Gasteiger partial charge is 0.488 e. The highest BCUT2D eigenvalue weighted by Gasteiger charge is 2.21. The zero-order valence-corrected chi connectivity index (χ0v) is 11.7. The third-order valence-electron chi connectivity index (χ3n) is 3.76. The Hall–Kier alpha value is -1.04. The van der Waals surface area contributed by atoms with Gasteiger partial charge in [0.15, 0.2) is 0 Å². The van der Waals surface area contributed by atoms with E-state index in [4.69, 9.17) is 4.74 Å². The van der Waals surface area contributed by atoms with Gasteiger partial charge in [-0.15, -0.1) is 0 Å². The molecule has 1 saturated heterocycles. The molecule has 0 saturated carbocycles. The molecule has 0 aromatic heterocycles. The summed E-state index contributed by atoms with van der Waals surface area (Å²) in [5, 5.41) is 18.9. The first-order valence-electron chi connectivity index (χ1n) is 6.85. The number of nitrogens with zero attached hydrogens (tertiary/aromatic N) is 1. The molecule has 0 aliphatic carbocycles. The molecule has 1 aromatic rings. The van der Waals surface area contributed by atoms with Crippen LogP contribution in [-0.4, -0.2) is 42.3 Å². The molecule has 2 N–H and O–H groups in total. The lowest BCUT2D eigenvalue weighted by Crippen LogP contribution is -2.38. The van der Waals surface area contributed by atoms with Gasteiger partial charge in [0.2, 0.25) is 0 Å². The highest BCUT2D eigenvalue weighted by atomic mass is 16.5. The van der Waals surface area contributed by atoms with E-state index in [-0.39, 0.29) is 0 Å². The average molecular weight is 263 g/mol. The molecule has 1 heterocycles. The van der Waals surface area contributed by atoms with Crippen molar-refractivity contribution >= 4 is 12.6 Å². The Labute approximate surface area is 115 Å². The topological polar surface area (TPSA) is 52.9 Å². The van der Waals surface area contributed by atoms with E-state index >= 15 is 0 Å². The molecule has 1 aromatic carbocycles. The molecule has 0 spiro atoms. The fourth-order valence-corrected chi connectivity index (χ4v) is 2.77. The maximum atomic E-state index is 9.45. The van der Waals surface area contributed by atoms with Crippen LogP contribution in [0.3, 0.4) is 0 Å². The predicted octanol–water partition coefficient (Wildman–Crippen LogP) is 0.607. The van der Waals surface area contributed by atoms with Crippen LogP contribution in [0.4, 0.5) is 0 Å². The Kier molecular flexibility index (Phi) is 4.85. The summed E-state index contributed by atoms with van der Waals surface area (Å²) in [5.74, 6) is 1.46. The van der Waals surface area contributed by atoms with E-state index in [2.05, 4.69) is 11.8 Å². The summed E-state index contributed by atoms with van der Waals surface area (Å²) in [6, 6.07) is 5.39. The van der Waals surface area contributed by atoms with Crippen LogP contribution in [0.1, 0.15) is 25.3 Å². The van der Waals surface area contributed by atoms with Crippen molar-refractivity contribution in [2.45, 2.75) is 26.3 Å². The zero-order valence-electron chi connectivity index (χ0n) is 11.7. The lowest BCUT2D eigenvalue weighted by atomic mass is 9.76. The minimum Gasteiger partial charge on any atom is -0.497 e. The number of likely N-dealkylation sites (tertiary alicyclic amines) is 1. The van der Waals surface area contributed by atoms with Crippen molar-refractivity contribution in [2.75, 3.05) is 20.2 Å². The fraction of sp³-hybridized carbons (Fsp3) is 0.571. The van der Waals surface area contributed by atoms with E-state index in [1.807, 2.05) is 6.07 Å². The van der Waals surface area contributed by atoms with Gasteiger partial charge in [0.05, 0.1) is 7.11 Å². The van der Waals surface area contributed by atoms with Gasteiger partial charge in [-0.2, -0.15) is 0 Å². The molecule has 0 radical (unpaired) electrons. The molecule has 1 fully saturated rings. The van der Waals surface area contributed by atoms with Gasteiger partial charge in [0, 0.05) is 13.1 Å². The van der Waals surface area contributed by atoms with E-state index < -0.39 is 7.12 Å². The summed E-state index contributed by atoms with van der Waals surface area (Å²) >= 11 is 0. The van der Waals surface area contributed by atoms with E-state index in [9.17, 15) is 10.0 Å². The van der Waals surface area contributed by atoms with Gasteiger partial charge in [0.1, 0.15) is 5.75 Å². The monoisotopic (exact) mass is 263 g/mol. The molecule has 0 amide bonds. The highest BCUT2D eigenvalue weighted by molar-refractivity contribution is 6.59. The van der Waals surface area contributed by atoms with Gasteiger partial charge in [-0.1, -0.05) is 13.0 Å². The molecule has 104 valence electrons. The van der Waals surface area contributed by atoms with Crippen molar-refractivity contribution in [3.63, 3.8) is 0 Å². The number of hydrogen-bond acceptors (Lipinski definition) is 4. The van der Waals surface area contributed by atoms with Gasteiger partial charge in [-0.3, -0.25) is 4.90 Å². The van der Waals surface area contributed by atoms with E-state index in [1.54, 1.807) is 19.2 Å². The Morgan fingerprint density at radius 1 is 1.42 bits per heavy atom. The summed E-state index contributed by atoms with van der Waals surface area (Å²) in [7, 11) is 0.194. The third kappa shape index (κ3) is 3.72. The zero-order chi connectivity index (χ0) is 13.8. The Balaban J connectivity index is 2.16. The molecule has 2 rings (SSSR count). The molecular formula is C14H22BNO3. The first-order valence-corrected chi connectivity index (χ1v) is 6.85. The molecule has 1 aliphatic rings. The SMILES string of the molecule is COc1ccc(B(O)O)c(CN2CCCC(C)C2)c1. The molecule has 1 atom stereocenters. The van der Waals surface area contributed by atoms with Crippen LogP contribution in [0, 0.1) is 5.92 Å². The number of hydrogen-bond donors (Lipinski definition) is 2. The third-order valence-corrected chi connectivity index (χ3v) is 3.76. The first-order chi connectivity index (χ1) is 9.10. The Morgan fingerprint density at radius 2 is 2.21 bits per heavy atom. The summed E-state index contributed by atoms with van der Waals surface area (Å²) in [5.41, 5.74) is 1.50. The number of methoxy groups -OCH3 is 1. The minimum absolute atomic E-state index is 0.569. The van der Waals surface area contributed by atoms with Gasteiger partial charge in [-0.25, -0.2) is 0 Å². The molecular weight excluding hydrogens is 241 g/mol. The quantitative estimate of drug-likeness (QED) is 0.781. The maximum absolute atomic E-state index is 9.45. The molecule has 19 heavy (non-hydrogen) atoms. The van der Waals surface area contributed by atoms with Crippen molar-refractivity contribution < 1.29 is 14.8 Å². The van der Waals surface area contributed by atoms with Gasteiger partial charge in [-0.05, 0) is 48.5 Å². The highest BCUT2D eigenvalue weighted by Crippen LogP contribution is 2.19. The second kappa shape index (κ2) is 6.41. The number of rotatable bonds is 4. The van der Waals surface area contributed by atoms with Gasteiger partial charge >= 0.3 is 7.12 Å². The van der Waals surface area contributed by atoms with Crippen molar-refractivity contribution in [1.29, 1.82) is 0 Å². The summed E-state index contributed by atoms with van der Waals surface area (Å²) in [4.78, 5) is 2.37. The van der Waals surface area contributed by atoms with E-state index in [0.717, 1.165) is 30.9 Å². The van der Waals surface area contributed by atoms with Crippen LogP contribution in [-0.2, 0) is 6.54 Å². The van der Waals surface area contributed by atoms with Crippen molar-refractivity contribution in [3.05, 3.63) is 23.8 Å². The van der Waals surface area contributed by atoms with Crippen LogP contribution in [0.25, 0.3) is 0 Å². The minimum atomic E-state index is -1.43. The lowest BCUT2D eigenvalue weighted by Gasteiger charge is -2.31. The van der Waals surface area contributed by atoms with Crippen LogP contribution < -0.4 is 10.2 Å². The summed E-state index contributed by atoms with van der Waals surface area (Å²) in [6.07, 6.45) is 2.49.